The summed E-state index contributed by atoms with van der Waals surface area (Å²) in [4.78, 5) is 4.07. The number of halogens is 1. The molecule has 1 rings (SSSR count). The second-order valence-electron chi connectivity index (χ2n) is 5.88. The molecule has 0 amide bonds. The number of benzene rings is 1. The summed E-state index contributed by atoms with van der Waals surface area (Å²) < 4.78 is 23.3. The van der Waals surface area contributed by atoms with E-state index in [2.05, 4.69) is 15.6 Å². The first-order chi connectivity index (χ1) is 10.2. The van der Waals surface area contributed by atoms with Gasteiger partial charge < -0.3 is 10.6 Å². The molecule has 0 saturated heterocycles. The van der Waals surface area contributed by atoms with E-state index in [0.717, 1.165) is 5.56 Å². The minimum Gasteiger partial charge on any atom is -0.355 e. The summed E-state index contributed by atoms with van der Waals surface area (Å²) in [6, 6.07) is 7.53. The fraction of sp³-hybridized carbons (Fsp3) is 0.533. The highest BCUT2D eigenvalue weighted by Gasteiger charge is 2.28. The summed E-state index contributed by atoms with van der Waals surface area (Å²) >= 11 is 6.09. The lowest BCUT2D eigenvalue weighted by Gasteiger charge is -2.20. The van der Waals surface area contributed by atoms with Gasteiger partial charge in [-0.25, -0.2) is 8.42 Å². The fourth-order valence-electron chi connectivity index (χ4n) is 1.65. The van der Waals surface area contributed by atoms with Crippen LogP contribution in [-0.4, -0.2) is 38.5 Å². The lowest BCUT2D eigenvalue weighted by atomic mass is 10.2. The highest BCUT2D eigenvalue weighted by atomic mass is 35.5. The standard InChI is InChI=1S/C15H24ClN3O2S/c1-15(2,3)22(20,21)10-9-18-14(17-4)19-11-12-7-5-6-8-13(12)16/h5-8H,9-11H2,1-4H3,(H2,17,18,19). The minimum atomic E-state index is -3.14. The Hall–Kier alpha value is -1.27. The molecule has 0 bridgehead atoms. The summed E-state index contributed by atoms with van der Waals surface area (Å²) in [7, 11) is -1.50. The summed E-state index contributed by atoms with van der Waals surface area (Å²) in [6.45, 7) is 5.93. The smallest absolute Gasteiger partial charge is 0.191 e. The topological polar surface area (TPSA) is 70.6 Å². The van der Waals surface area contributed by atoms with E-state index in [-0.39, 0.29) is 5.75 Å². The molecule has 7 heteroatoms. The number of guanidine groups is 1. The van der Waals surface area contributed by atoms with Crippen molar-refractivity contribution in [2.45, 2.75) is 32.1 Å². The van der Waals surface area contributed by atoms with Crippen LogP contribution in [0.5, 0.6) is 0 Å². The van der Waals surface area contributed by atoms with E-state index in [9.17, 15) is 8.42 Å². The fourth-order valence-corrected chi connectivity index (χ4v) is 2.84. The molecule has 124 valence electrons. The first-order valence-electron chi connectivity index (χ1n) is 7.07. The number of sulfone groups is 1. The molecular weight excluding hydrogens is 322 g/mol. The van der Waals surface area contributed by atoms with Crippen molar-refractivity contribution in [2.24, 2.45) is 4.99 Å². The van der Waals surface area contributed by atoms with Gasteiger partial charge in [0.2, 0.25) is 0 Å². The molecule has 0 unspecified atom stereocenters. The Bertz CT molecular complexity index is 622. The molecule has 22 heavy (non-hydrogen) atoms. The van der Waals surface area contributed by atoms with E-state index in [1.54, 1.807) is 27.8 Å². The van der Waals surface area contributed by atoms with E-state index in [4.69, 9.17) is 11.6 Å². The predicted molar refractivity (Wildman–Crippen MR) is 93.2 cm³/mol. The molecule has 0 heterocycles. The maximum atomic E-state index is 12.0. The average Bonchev–Trinajstić information content (AvgIpc) is 2.42. The number of hydrogen-bond acceptors (Lipinski definition) is 3. The zero-order valence-electron chi connectivity index (χ0n) is 13.5. The molecule has 0 aliphatic carbocycles. The Morgan fingerprint density at radius 2 is 1.86 bits per heavy atom. The maximum Gasteiger partial charge on any atom is 0.191 e. The van der Waals surface area contributed by atoms with Crippen molar-refractivity contribution in [3.05, 3.63) is 34.9 Å². The Morgan fingerprint density at radius 3 is 2.41 bits per heavy atom. The maximum absolute atomic E-state index is 12.0. The Kier molecular flexibility index (Phi) is 6.68. The molecule has 0 aromatic heterocycles. The first kappa shape index (κ1) is 18.8. The van der Waals surface area contributed by atoms with E-state index in [0.29, 0.717) is 24.1 Å². The van der Waals surface area contributed by atoms with Crippen molar-refractivity contribution < 1.29 is 8.42 Å². The van der Waals surface area contributed by atoms with Crippen molar-refractivity contribution in [3.8, 4) is 0 Å². The third-order valence-corrected chi connectivity index (χ3v) is 6.20. The molecule has 1 aromatic carbocycles. The molecule has 0 radical (unpaired) electrons. The highest BCUT2D eigenvalue weighted by Crippen LogP contribution is 2.15. The minimum absolute atomic E-state index is 0.0588. The average molecular weight is 346 g/mol. The number of hydrogen-bond donors (Lipinski definition) is 2. The number of nitrogens with zero attached hydrogens (tertiary/aromatic N) is 1. The van der Waals surface area contributed by atoms with Crippen LogP contribution in [0.15, 0.2) is 29.3 Å². The van der Waals surface area contributed by atoms with E-state index < -0.39 is 14.6 Å². The second kappa shape index (κ2) is 7.83. The van der Waals surface area contributed by atoms with Gasteiger partial charge in [-0.2, -0.15) is 0 Å². The summed E-state index contributed by atoms with van der Waals surface area (Å²) in [5.74, 6) is 0.604. The van der Waals surface area contributed by atoms with Gasteiger partial charge in [-0.15, -0.1) is 0 Å². The van der Waals surface area contributed by atoms with Gasteiger partial charge in [0.05, 0.1) is 10.5 Å². The molecule has 0 aliphatic heterocycles. The highest BCUT2D eigenvalue weighted by molar-refractivity contribution is 7.92. The first-order valence-corrected chi connectivity index (χ1v) is 9.10. The molecule has 0 aliphatic rings. The monoisotopic (exact) mass is 345 g/mol. The van der Waals surface area contributed by atoms with Crippen LogP contribution in [0.1, 0.15) is 26.3 Å². The number of aliphatic imine (C=N–C) groups is 1. The molecule has 2 N–H and O–H groups in total. The van der Waals surface area contributed by atoms with Crippen LogP contribution in [0.2, 0.25) is 5.02 Å². The van der Waals surface area contributed by atoms with Crippen molar-refractivity contribution in [1.29, 1.82) is 0 Å². The molecule has 5 nitrogen and oxygen atoms in total. The molecule has 0 saturated carbocycles. The lowest BCUT2D eigenvalue weighted by molar-refractivity contribution is 0.559. The summed E-state index contributed by atoms with van der Waals surface area (Å²) in [6.07, 6.45) is 0. The molecule has 0 spiro atoms. The Morgan fingerprint density at radius 1 is 1.23 bits per heavy atom. The third-order valence-electron chi connectivity index (χ3n) is 3.22. The predicted octanol–water partition coefficient (Wildman–Crippen LogP) is 2.22. The van der Waals surface area contributed by atoms with E-state index >= 15 is 0 Å². The van der Waals surface area contributed by atoms with Crippen molar-refractivity contribution in [2.75, 3.05) is 19.3 Å². The van der Waals surface area contributed by atoms with Crippen LogP contribution < -0.4 is 10.6 Å². The van der Waals surface area contributed by atoms with Crippen LogP contribution in [-0.2, 0) is 16.4 Å². The molecule has 0 fully saturated rings. The summed E-state index contributed by atoms with van der Waals surface area (Å²) in [5, 5.41) is 6.80. The van der Waals surface area contributed by atoms with Crippen LogP contribution in [0.4, 0.5) is 0 Å². The van der Waals surface area contributed by atoms with Crippen molar-refractivity contribution in [1.82, 2.24) is 10.6 Å². The normalized spacial score (nSPS) is 13.0. The summed E-state index contributed by atoms with van der Waals surface area (Å²) in [5.41, 5.74) is 0.953. The van der Waals surface area contributed by atoms with Gasteiger partial charge in [0.15, 0.2) is 15.8 Å². The SMILES string of the molecule is CN=C(NCCS(=O)(=O)C(C)(C)C)NCc1ccccc1Cl. The van der Waals surface area contributed by atoms with Gasteiger partial charge in [0.25, 0.3) is 0 Å². The van der Waals surface area contributed by atoms with Crippen molar-refractivity contribution in [3.63, 3.8) is 0 Å². The lowest BCUT2D eigenvalue weighted by Crippen LogP contribution is -2.41. The van der Waals surface area contributed by atoms with Gasteiger partial charge >= 0.3 is 0 Å². The quantitative estimate of drug-likeness (QED) is 0.634. The molecule has 0 atom stereocenters. The van der Waals surface area contributed by atoms with Crippen LogP contribution in [0.25, 0.3) is 0 Å². The van der Waals surface area contributed by atoms with E-state index in [1.807, 2.05) is 24.3 Å². The number of rotatable bonds is 5. The molecule has 1 aromatic rings. The van der Waals surface area contributed by atoms with E-state index in [1.165, 1.54) is 0 Å². The van der Waals surface area contributed by atoms with Gasteiger partial charge in [-0.3, -0.25) is 4.99 Å². The van der Waals surface area contributed by atoms with Gasteiger partial charge in [-0.1, -0.05) is 29.8 Å². The molecular formula is C15H24ClN3O2S. The third kappa shape index (κ3) is 5.50. The van der Waals surface area contributed by atoms with Gasteiger partial charge in [0, 0.05) is 25.2 Å². The zero-order chi connectivity index (χ0) is 16.8. The van der Waals surface area contributed by atoms with Gasteiger partial charge in [-0.05, 0) is 32.4 Å². The largest absolute Gasteiger partial charge is 0.355 e. The zero-order valence-corrected chi connectivity index (χ0v) is 15.1. The Labute approximate surface area is 138 Å². The van der Waals surface area contributed by atoms with Crippen LogP contribution in [0.3, 0.4) is 0 Å². The van der Waals surface area contributed by atoms with Crippen LogP contribution >= 0.6 is 11.6 Å². The number of nitrogens with one attached hydrogen (secondary N) is 2. The van der Waals surface area contributed by atoms with Crippen molar-refractivity contribution >= 4 is 27.4 Å². The second-order valence-corrected chi connectivity index (χ2v) is 9.14. The Balaban J connectivity index is 2.49. The van der Waals surface area contributed by atoms with Crippen LogP contribution in [0, 0.1) is 0 Å². The van der Waals surface area contributed by atoms with Gasteiger partial charge in [0.1, 0.15) is 0 Å².